The van der Waals surface area contributed by atoms with Gasteiger partial charge >= 0.3 is 0 Å². The number of nitrogens with zero attached hydrogens (tertiary/aromatic N) is 24. The van der Waals surface area contributed by atoms with Crippen LogP contribution < -0.4 is 0 Å². The fourth-order valence-corrected chi connectivity index (χ4v) is 15.0. The van der Waals surface area contributed by atoms with Crippen molar-refractivity contribution in [1.82, 2.24) is 121 Å². The summed E-state index contributed by atoms with van der Waals surface area (Å²) >= 11 is 0. The fourth-order valence-electron chi connectivity index (χ4n) is 15.0. The Bertz CT molecular complexity index is 7670. The van der Waals surface area contributed by atoms with Crippen LogP contribution in [0.2, 0.25) is 0 Å². The minimum atomic E-state index is 0. The van der Waals surface area contributed by atoms with Gasteiger partial charge in [0.25, 0.3) is 0 Å². The molecule has 0 spiro atoms. The Labute approximate surface area is 906 Å². The summed E-state index contributed by atoms with van der Waals surface area (Å²) in [5.74, 6) is 3.45. The molecular weight excluding hydrogens is 2550 g/mol. The van der Waals surface area contributed by atoms with Gasteiger partial charge in [0, 0.05) is 129 Å². The minimum absolute atomic E-state index is 0. The van der Waals surface area contributed by atoms with Gasteiger partial charge < -0.3 is 19.9 Å². The molecule has 26 aromatic rings. The monoisotopic (exact) mass is 2620 g/mol. The van der Waals surface area contributed by atoms with Gasteiger partial charge in [-0.25, -0.2) is 0 Å². The number of benzene rings is 14. The van der Waals surface area contributed by atoms with Crippen LogP contribution in [0.5, 0.6) is 0 Å². The third-order valence-corrected chi connectivity index (χ3v) is 21.9. The normalized spacial score (nSPS) is 10.2. The maximum absolute atomic E-state index is 4.45. The van der Waals surface area contributed by atoms with E-state index in [1.807, 2.05) is 316 Å². The third-order valence-electron chi connectivity index (χ3n) is 21.9. The van der Waals surface area contributed by atoms with Crippen molar-refractivity contribution in [1.29, 1.82) is 0 Å². The Morgan fingerprint density at radius 1 is 0.142 bits per heavy atom. The van der Waals surface area contributed by atoms with Gasteiger partial charge in [0.05, 0.1) is 0 Å². The van der Waals surface area contributed by atoms with Crippen molar-refractivity contribution in [3.8, 4) is 137 Å². The van der Waals surface area contributed by atoms with Crippen LogP contribution in [-0.4, -0.2) is 121 Å². The van der Waals surface area contributed by atoms with Gasteiger partial charge in [-0.15, -0.1) is 244 Å². The van der Waals surface area contributed by atoms with Crippen molar-refractivity contribution >= 4 is 64.6 Å². The number of hydrogen-bond acceptors (Lipinski definition) is 24. The summed E-state index contributed by atoms with van der Waals surface area (Å²) in [5, 5.41) is 80.0. The predicted molar refractivity (Wildman–Crippen MR) is 560 cm³/mol. The maximum atomic E-state index is 4.45. The minimum Gasteiger partial charge on any atom is -0.305 e. The molecule has 0 atom stereocenters. The van der Waals surface area contributed by atoms with E-state index in [-0.39, 0.29) is 80.4 Å². The van der Waals surface area contributed by atoms with E-state index in [0.717, 1.165) is 110 Å². The van der Waals surface area contributed by atoms with Crippen molar-refractivity contribution in [3.63, 3.8) is 0 Å². The van der Waals surface area contributed by atoms with E-state index in [9.17, 15) is 0 Å². The molecule has 0 amide bonds. The molecule has 0 fully saturated rings. The predicted octanol–water partition coefficient (Wildman–Crippen LogP) is 24.3. The Kier molecular flexibility index (Phi) is 38.2. The molecule has 4 radical (unpaired) electrons. The molecule has 148 heavy (non-hydrogen) atoms. The molecule has 12 heterocycles. The molecule has 28 heteroatoms. The first-order valence-corrected chi connectivity index (χ1v) is 45.4. The molecule has 0 saturated carbocycles. The van der Waals surface area contributed by atoms with Crippen LogP contribution in [0, 0.1) is 48.5 Å². The summed E-state index contributed by atoms with van der Waals surface area (Å²) in [6.07, 6.45) is 13.9. The quantitative estimate of drug-likeness (QED) is 0.103. The van der Waals surface area contributed by atoms with Crippen LogP contribution in [0.4, 0.5) is 0 Å². The van der Waals surface area contributed by atoms with Gasteiger partial charge in [0.15, 0.2) is 0 Å². The second-order valence-electron chi connectivity index (χ2n) is 31.1. The largest absolute Gasteiger partial charge is 0.305 e. The van der Waals surface area contributed by atoms with E-state index in [1.54, 1.807) is 73.6 Å². The molecule has 26 rings (SSSR count). The standard InChI is InChI=1S/2C22H13N4.2C15H10N.2C12H7N6.2C11H8N.4Ir/c2*1-3-11-17-15(7-1)9-5-13-19(17)21-23-25-22(26-24-21)20-14-6-10-16-8-2-4-12-18(16)20;2*1-2-7-13(8-3-1)15-14-9-5-4-6-12(14)10-11-16-15;2*1-3-7-13-9(5-1)11-15-17-12(18-16-11)10-6-2-4-8-14-10;2*1-2-6-10(7-3-1)11-8-4-5-9-12-11;;;;/h2*1-13H;2*1-7,9-11H;2*1-5,7-8H;2*1-6,8-9H;;;;/q8*-1;;;;. The van der Waals surface area contributed by atoms with Crippen LogP contribution in [0.15, 0.2) is 462 Å². The van der Waals surface area contributed by atoms with Crippen molar-refractivity contribution in [2.45, 2.75) is 0 Å². The summed E-state index contributed by atoms with van der Waals surface area (Å²) in [6.45, 7) is 0. The first-order valence-electron chi connectivity index (χ1n) is 45.4. The van der Waals surface area contributed by atoms with Crippen molar-refractivity contribution in [2.75, 3.05) is 0 Å². The molecule has 12 aromatic heterocycles. The van der Waals surface area contributed by atoms with E-state index in [2.05, 4.69) is 243 Å². The molecule has 0 N–H and O–H groups in total. The average molecular weight is 2620 g/mol. The summed E-state index contributed by atoms with van der Waals surface area (Å²) in [6, 6.07) is 159. The first-order chi connectivity index (χ1) is 71.5. The van der Waals surface area contributed by atoms with E-state index >= 15 is 0 Å². The Hall–Kier alpha value is -17.8. The SMILES string of the molecule is [Ir].[Ir].[Ir].[Ir].[c-]1ccc2ccccc2c1-c1nnc(-c2cccc3ccccc23)nn1.[c-]1ccc2ccccc2c1-c1nnc(-c2cccc3ccccc23)nn1.[c-]1ccccc1-c1ccccn1.[c-]1ccccc1-c1ccccn1.[c-]1ccccc1-c1nccc2ccccc12.[c-]1ccccc1-c1nccc2ccccc12.[c-]1cccnc1-c1nnc(-c2ccccn2)nn1.[c-]1cccnc1-c1nnc(-c2ccccn2)nn1. The summed E-state index contributed by atoms with van der Waals surface area (Å²) in [7, 11) is 0. The van der Waals surface area contributed by atoms with Crippen LogP contribution in [-0.2, 0) is 80.4 Å². The van der Waals surface area contributed by atoms with E-state index in [1.165, 1.54) is 21.5 Å². The first kappa shape index (κ1) is 105. The number of hydrogen-bond donors (Lipinski definition) is 0. The average Bonchev–Trinajstić information content (AvgIpc) is 0.801. The van der Waals surface area contributed by atoms with Gasteiger partial charge in [0.1, 0.15) is 34.7 Å². The molecule has 0 saturated heterocycles. The van der Waals surface area contributed by atoms with Gasteiger partial charge in [-0.2, -0.15) is 65.1 Å². The van der Waals surface area contributed by atoms with Crippen LogP contribution in [0.3, 0.4) is 0 Å². The van der Waals surface area contributed by atoms with Gasteiger partial charge in [-0.1, -0.05) is 240 Å². The summed E-state index contributed by atoms with van der Waals surface area (Å²) < 4.78 is 0. The molecule has 0 bridgehead atoms. The zero-order valence-corrected chi connectivity index (χ0v) is 87.5. The summed E-state index contributed by atoms with van der Waals surface area (Å²) in [5.41, 5.74) is 13.9. The van der Waals surface area contributed by atoms with Gasteiger partial charge in [-0.05, 0) is 138 Å². The Morgan fingerprint density at radius 2 is 0.405 bits per heavy atom. The number of rotatable bonds is 12. The number of fused-ring (bicyclic) bond motifs is 6. The second kappa shape index (κ2) is 54.1. The molecule has 24 nitrogen and oxygen atoms in total. The van der Waals surface area contributed by atoms with Crippen LogP contribution >= 0.6 is 0 Å². The van der Waals surface area contributed by atoms with Gasteiger partial charge in [0.2, 0.25) is 23.3 Å². The Morgan fingerprint density at radius 3 is 0.730 bits per heavy atom. The molecule has 720 valence electrons. The molecule has 0 unspecified atom stereocenters. The van der Waals surface area contributed by atoms with Crippen molar-refractivity contribution in [3.05, 3.63) is 511 Å². The molecule has 14 aromatic carbocycles. The summed E-state index contributed by atoms with van der Waals surface area (Å²) in [4.78, 5) is 33.7. The Balaban J connectivity index is 0.000000128. The number of aromatic nitrogens is 24. The van der Waals surface area contributed by atoms with E-state index < -0.39 is 0 Å². The second-order valence-corrected chi connectivity index (χ2v) is 31.1. The molecule has 0 aliphatic heterocycles. The van der Waals surface area contributed by atoms with Crippen molar-refractivity contribution < 1.29 is 80.4 Å². The number of pyridine rings is 8. The van der Waals surface area contributed by atoms with E-state index in [0.29, 0.717) is 69.4 Å². The maximum Gasteiger partial charge on any atom is 0.219 e. The zero-order chi connectivity index (χ0) is 97.2. The van der Waals surface area contributed by atoms with E-state index in [4.69, 9.17) is 0 Å². The smallest absolute Gasteiger partial charge is 0.219 e. The fraction of sp³-hybridized carbons (Fsp3) is 0. The zero-order valence-electron chi connectivity index (χ0n) is 77.9. The molecular formula is C120H76Ir4N24-8. The van der Waals surface area contributed by atoms with Crippen LogP contribution in [0.1, 0.15) is 0 Å². The van der Waals surface area contributed by atoms with Gasteiger partial charge in [-0.3, -0.25) is 19.9 Å². The third kappa shape index (κ3) is 27.2. The van der Waals surface area contributed by atoms with Crippen LogP contribution in [0.25, 0.3) is 201 Å². The topological polar surface area (TPSA) is 309 Å². The van der Waals surface area contributed by atoms with Crippen molar-refractivity contribution in [2.24, 2.45) is 0 Å². The molecule has 0 aliphatic carbocycles. The molecule has 0 aliphatic rings.